The fraction of sp³-hybridized carbons (Fsp3) is 0.421. The molecule has 8 heteroatoms. The van der Waals surface area contributed by atoms with E-state index in [0.717, 1.165) is 5.56 Å². The maximum atomic E-state index is 13.0. The van der Waals surface area contributed by atoms with Gasteiger partial charge < -0.3 is 19.7 Å². The van der Waals surface area contributed by atoms with Crippen molar-refractivity contribution < 1.29 is 18.7 Å². The van der Waals surface area contributed by atoms with E-state index >= 15 is 0 Å². The minimum Gasteiger partial charge on any atom is -0.350 e. The summed E-state index contributed by atoms with van der Waals surface area (Å²) in [6, 6.07) is 7.79. The number of piperidine rings is 1. The van der Waals surface area contributed by atoms with Gasteiger partial charge in [-0.15, -0.1) is 0 Å². The molecule has 2 saturated heterocycles. The highest BCUT2D eigenvalue weighted by Crippen LogP contribution is 2.31. The smallest absolute Gasteiger partial charge is 0.272 e. The standard InChI is InChI=1S/C19H21FN4O3/c20-15-3-1-14(2-4-15)13-22-18-21-8-5-16(23-18)17(25)24-9-6-19(7-10-24)26-11-12-27-19/h1-5,8H,6-7,9-13H2,(H,21,22,23). The molecule has 0 unspecified atom stereocenters. The predicted octanol–water partition coefficient (Wildman–Crippen LogP) is 2.21. The first kappa shape index (κ1) is 17.8. The zero-order valence-electron chi connectivity index (χ0n) is 14.9. The topological polar surface area (TPSA) is 76.6 Å². The van der Waals surface area contributed by atoms with Gasteiger partial charge in [-0.1, -0.05) is 12.1 Å². The summed E-state index contributed by atoms with van der Waals surface area (Å²) in [4.78, 5) is 23.0. The van der Waals surface area contributed by atoms with Gasteiger partial charge >= 0.3 is 0 Å². The first-order valence-electron chi connectivity index (χ1n) is 9.02. The first-order chi connectivity index (χ1) is 13.1. The molecule has 0 saturated carbocycles. The molecule has 1 aromatic carbocycles. The van der Waals surface area contributed by atoms with E-state index in [1.54, 1.807) is 29.3 Å². The summed E-state index contributed by atoms with van der Waals surface area (Å²) in [6.45, 7) is 2.81. The number of rotatable bonds is 4. The van der Waals surface area contributed by atoms with Gasteiger partial charge in [0.05, 0.1) is 13.2 Å². The molecule has 0 atom stereocenters. The molecule has 1 N–H and O–H groups in total. The van der Waals surface area contributed by atoms with E-state index in [1.807, 2.05) is 0 Å². The van der Waals surface area contributed by atoms with Gasteiger partial charge in [0, 0.05) is 38.7 Å². The molecular formula is C19H21FN4O3. The molecule has 3 heterocycles. The van der Waals surface area contributed by atoms with Crippen LogP contribution < -0.4 is 5.32 Å². The SMILES string of the molecule is O=C(c1ccnc(NCc2ccc(F)cc2)n1)N1CCC2(CC1)OCCO2. The molecule has 2 fully saturated rings. The summed E-state index contributed by atoms with van der Waals surface area (Å²) in [5.41, 5.74) is 1.24. The van der Waals surface area contributed by atoms with Crippen LogP contribution in [0.3, 0.4) is 0 Å². The molecule has 0 aliphatic carbocycles. The average Bonchev–Trinajstić information content (AvgIpc) is 3.16. The monoisotopic (exact) mass is 372 g/mol. The molecule has 27 heavy (non-hydrogen) atoms. The lowest BCUT2D eigenvalue weighted by Crippen LogP contribution is -2.47. The zero-order valence-corrected chi connectivity index (χ0v) is 14.9. The Morgan fingerprint density at radius 3 is 2.56 bits per heavy atom. The maximum Gasteiger partial charge on any atom is 0.272 e. The summed E-state index contributed by atoms with van der Waals surface area (Å²) in [7, 11) is 0. The number of halogens is 1. The van der Waals surface area contributed by atoms with Crippen LogP contribution in [0.1, 0.15) is 28.9 Å². The van der Waals surface area contributed by atoms with E-state index in [2.05, 4.69) is 15.3 Å². The minimum absolute atomic E-state index is 0.130. The molecule has 2 aliphatic rings. The highest BCUT2D eigenvalue weighted by molar-refractivity contribution is 5.92. The third kappa shape index (κ3) is 4.06. The molecule has 1 aromatic heterocycles. The highest BCUT2D eigenvalue weighted by Gasteiger charge is 2.41. The predicted molar refractivity (Wildman–Crippen MR) is 95.5 cm³/mol. The number of likely N-dealkylation sites (tertiary alicyclic amines) is 1. The zero-order chi connectivity index (χ0) is 18.7. The molecule has 2 aliphatic heterocycles. The van der Waals surface area contributed by atoms with Gasteiger partial charge in [-0.2, -0.15) is 0 Å². The fourth-order valence-electron chi connectivity index (χ4n) is 3.34. The van der Waals surface area contributed by atoms with Crippen molar-refractivity contribution in [2.45, 2.75) is 25.2 Å². The number of nitrogens with one attached hydrogen (secondary N) is 1. The van der Waals surface area contributed by atoms with Crippen LogP contribution in [0, 0.1) is 5.82 Å². The number of amides is 1. The Kier molecular flexibility index (Phi) is 5.00. The molecule has 0 radical (unpaired) electrons. The summed E-state index contributed by atoms with van der Waals surface area (Å²) in [5, 5.41) is 3.06. The Balaban J connectivity index is 1.37. The van der Waals surface area contributed by atoms with Crippen molar-refractivity contribution in [2.75, 3.05) is 31.6 Å². The van der Waals surface area contributed by atoms with Gasteiger partial charge in [-0.05, 0) is 23.8 Å². The third-order valence-corrected chi connectivity index (χ3v) is 4.86. The molecule has 1 spiro atoms. The molecule has 4 rings (SSSR count). The number of benzene rings is 1. The molecular weight excluding hydrogens is 351 g/mol. The number of ether oxygens (including phenoxy) is 2. The van der Waals surface area contributed by atoms with E-state index in [-0.39, 0.29) is 11.7 Å². The van der Waals surface area contributed by atoms with E-state index in [9.17, 15) is 9.18 Å². The number of hydrogen-bond acceptors (Lipinski definition) is 6. The number of hydrogen-bond donors (Lipinski definition) is 1. The minimum atomic E-state index is -0.510. The van der Waals surface area contributed by atoms with Crippen LogP contribution in [-0.4, -0.2) is 52.9 Å². The highest BCUT2D eigenvalue weighted by atomic mass is 19.1. The van der Waals surface area contributed by atoms with E-state index < -0.39 is 5.79 Å². The Morgan fingerprint density at radius 2 is 1.85 bits per heavy atom. The summed E-state index contributed by atoms with van der Waals surface area (Å²) in [5.74, 6) is -0.555. The van der Waals surface area contributed by atoms with Crippen molar-refractivity contribution in [1.82, 2.24) is 14.9 Å². The van der Waals surface area contributed by atoms with Crippen molar-refractivity contribution >= 4 is 11.9 Å². The van der Waals surface area contributed by atoms with Gasteiger partial charge in [0.15, 0.2) is 5.79 Å². The fourth-order valence-corrected chi connectivity index (χ4v) is 3.34. The number of anilines is 1. The molecule has 142 valence electrons. The molecule has 7 nitrogen and oxygen atoms in total. The lowest BCUT2D eigenvalue weighted by molar-refractivity contribution is -0.181. The number of carbonyl (C=O) groups is 1. The van der Waals surface area contributed by atoms with E-state index in [1.165, 1.54) is 12.1 Å². The largest absolute Gasteiger partial charge is 0.350 e. The maximum absolute atomic E-state index is 13.0. The van der Waals surface area contributed by atoms with Crippen molar-refractivity contribution in [3.05, 3.63) is 53.6 Å². The molecule has 1 amide bonds. The van der Waals surface area contributed by atoms with Gasteiger partial charge in [-0.3, -0.25) is 4.79 Å². The molecule has 0 bridgehead atoms. The normalized spacial score (nSPS) is 18.6. The van der Waals surface area contributed by atoms with Crippen molar-refractivity contribution in [2.24, 2.45) is 0 Å². The van der Waals surface area contributed by atoms with Crippen LogP contribution in [0.15, 0.2) is 36.5 Å². The average molecular weight is 372 g/mol. The van der Waals surface area contributed by atoms with Gasteiger partial charge in [-0.25, -0.2) is 14.4 Å². The van der Waals surface area contributed by atoms with Crippen molar-refractivity contribution in [1.29, 1.82) is 0 Å². The van der Waals surface area contributed by atoms with Crippen LogP contribution in [-0.2, 0) is 16.0 Å². The number of carbonyl (C=O) groups excluding carboxylic acids is 1. The van der Waals surface area contributed by atoms with Gasteiger partial charge in [0.25, 0.3) is 5.91 Å². The van der Waals surface area contributed by atoms with E-state index in [4.69, 9.17) is 9.47 Å². The van der Waals surface area contributed by atoms with Crippen LogP contribution in [0.4, 0.5) is 10.3 Å². The van der Waals surface area contributed by atoms with Crippen LogP contribution >= 0.6 is 0 Å². The summed E-state index contributed by atoms with van der Waals surface area (Å²) >= 11 is 0. The second-order valence-electron chi connectivity index (χ2n) is 6.65. The van der Waals surface area contributed by atoms with Crippen LogP contribution in [0.5, 0.6) is 0 Å². The number of aromatic nitrogens is 2. The number of nitrogens with zero attached hydrogens (tertiary/aromatic N) is 3. The lowest BCUT2D eigenvalue weighted by Gasteiger charge is -2.37. The summed E-state index contributed by atoms with van der Waals surface area (Å²) < 4.78 is 24.4. The Labute approximate surface area is 156 Å². The van der Waals surface area contributed by atoms with Crippen LogP contribution in [0.2, 0.25) is 0 Å². The molecule has 2 aromatic rings. The van der Waals surface area contributed by atoms with Crippen molar-refractivity contribution in [3.63, 3.8) is 0 Å². The Bertz CT molecular complexity index is 799. The lowest BCUT2D eigenvalue weighted by atomic mass is 10.0. The third-order valence-electron chi connectivity index (χ3n) is 4.86. The second-order valence-corrected chi connectivity index (χ2v) is 6.65. The van der Waals surface area contributed by atoms with Gasteiger partial charge in [0.2, 0.25) is 5.95 Å². The van der Waals surface area contributed by atoms with Crippen LogP contribution in [0.25, 0.3) is 0 Å². The van der Waals surface area contributed by atoms with E-state index in [0.29, 0.717) is 57.3 Å². The second kappa shape index (κ2) is 7.58. The Hall–Kier alpha value is -2.58. The van der Waals surface area contributed by atoms with Gasteiger partial charge in [0.1, 0.15) is 11.5 Å². The first-order valence-corrected chi connectivity index (χ1v) is 9.02. The summed E-state index contributed by atoms with van der Waals surface area (Å²) in [6.07, 6.45) is 2.89. The quantitative estimate of drug-likeness (QED) is 0.887. The Morgan fingerprint density at radius 1 is 1.15 bits per heavy atom. The van der Waals surface area contributed by atoms with Crippen molar-refractivity contribution in [3.8, 4) is 0 Å².